The summed E-state index contributed by atoms with van der Waals surface area (Å²) < 4.78 is 42.0. The summed E-state index contributed by atoms with van der Waals surface area (Å²) in [5.74, 6) is -3.75. The topological polar surface area (TPSA) is 264 Å². The van der Waals surface area contributed by atoms with Crippen molar-refractivity contribution in [3.8, 4) is 0 Å². The summed E-state index contributed by atoms with van der Waals surface area (Å²) in [4.78, 5) is 13.2. The highest BCUT2D eigenvalue weighted by atomic mass is 16.7. The normalized spacial score (nSPS) is 47.8. The van der Waals surface area contributed by atoms with E-state index >= 15 is 0 Å². The molecule has 4 aliphatic rings. The quantitative estimate of drug-likeness (QED) is 0.173. The first kappa shape index (κ1) is 54.2. The van der Waals surface area contributed by atoms with E-state index in [1.54, 1.807) is 44.2 Å². The number of aliphatic hydroxyl groups is 9. The van der Waals surface area contributed by atoms with Gasteiger partial charge in [-0.3, -0.25) is 4.79 Å². The summed E-state index contributed by atoms with van der Waals surface area (Å²) in [5, 5.41) is 97.6. The van der Waals surface area contributed by atoms with Crippen molar-refractivity contribution in [2.75, 3.05) is 7.11 Å². The third-order valence-electron chi connectivity index (χ3n) is 12.9. The van der Waals surface area contributed by atoms with Gasteiger partial charge in [0.2, 0.25) is 0 Å². The Morgan fingerprint density at radius 2 is 1.31 bits per heavy atom. The maximum atomic E-state index is 13.2. The Bertz CT molecular complexity index is 1540. The summed E-state index contributed by atoms with van der Waals surface area (Å²) in [6, 6.07) is 0. The number of rotatable bonds is 6. The third kappa shape index (κ3) is 15.6. The molecular weight excluding hydrogens is 836 g/mol. The molecule has 0 amide bonds. The van der Waals surface area contributed by atoms with Crippen LogP contribution in [-0.2, 0) is 38.0 Å². The number of aliphatic hydroxyl groups excluding tert-OH is 8. The van der Waals surface area contributed by atoms with Crippen LogP contribution in [0, 0.1) is 17.8 Å². The predicted octanol–water partition coefficient (Wildman–Crippen LogP) is 1.99. The maximum absolute atomic E-state index is 13.2. The Morgan fingerprint density at radius 3 is 1.94 bits per heavy atom. The van der Waals surface area contributed by atoms with Gasteiger partial charge in [0.25, 0.3) is 0 Å². The summed E-state index contributed by atoms with van der Waals surface area (Å²) in [5.41, 5.74) is 0. The van der Waals surface area contributed by atoms with E-state index < -0.39 is 128 Å². The molecule has 17 heteroatoms. The van der Waals surface area contributed by atoms with E-state index in [4.69, 9.17) is 33.2 Å². The second-order valence-corrected chi connectivity index (χ2v) is 18.0. The van der Waals surface area contributed by atoms with Gasteiger partial charge < -0.3 is 79.1 Å². The average molecular weight is 913 g/mol. The molecule has 17 nitrogen and oxygen atoms in total. The van der Waals surface area contributed by atoms with Gasteiger partial charge in [0, 0.05) is 63.4 Å². The molecule has 5 unspecified atom stereocenters. The number of esters is 1. The second-order valence-electron chi connectivity index (χ2n) is 18.0. The molecule has 0 spiro atoms. The molecule has 21 atom stereocenters. The van der Waals surface area contributed by atoms with Crippen LogP contribution >= 0.6 is 0 Å². The zero-order chi connectivity index (χ0) is 47.3. The Hall–Kier alpha value is -2.43. The molecule has 0 aliphatic carbocycles. The van der Waals surface area contributed by atoms with Crippen LogP contribution in [0.2, 0.25) is 0 Å². The molecule has 0 aromatic carbocycles. The predicted molar refractivity (Wildman–Crippen MR) is 233 cm³/mol. The van der Waals surface area contributed by atoms with E-state index in [2.05, 4.69) is 0 Å². The fourth-order valence-corrected chi connectivity index (χ4v) is 8.92. The maximum Gasteiger partial charge on any atom is 0.306 e. The second kappa shape index (κ2) is 25.6. The largest absolute Gasteiger partial charge is 0.462 e. The molecule has 4 rings (SSSR count). The zero-order valence-corrected chi connectivity index (χ0v) is 38.3. The van der Waals surface area contributed by atoms with Gasteiger partial charge in [0.05, 0.1) is 61.0 Å². The van der Waals surface area contributed by atoms with Crippen molar-refractivity contribution in [3.05, 3.63) is 60.8 Å². The van der Waals surface area contributed by atoms with Gasteiger partial charge in [-0.05, 0) is 26.7 Å². The fraction of sp³-hybridized carbons (Fsp3) is 0.766. The van der Waals surface area contributed by atoms with Crippen molar-refractivity contribution in [2.24, 2.45) is 17.8 Å². The van der Waals surface area contributed by atoms with Gasteiger partial charge in [-0.1, -0.05) is 88.5 Å². The molecule has 0 radical (unpaired) electrons. The van der Waals surface area contributed by atoms with Crippen molar-refractivity contribution in [3.63, 3.8) is 0 Å². The molecule has 0 aromatic rings. The lowest BCUT2D eigenvalue weighted by molar-refractivity contribution is -0.316. The monoisotopic (exact) mass is 913 g/mol. The van der Waals surface area contributed by atoms with Crippen molar-refractivity contribution in [2.45, 2.75) is 203 Å². The zero-order valence-electron chi connectivity index (χ0n) is 38.3. The number of fused-ring (bicyclic) bond motifs is 2. The van der Waals surface area contributed by atoms with E-state index in [9.17, 15) is 50.8 Å². The van der Waals surface area contributed by atoms with Gasteiger partial charge in [-0.25, -0.2) is 0 Å². The van der Waals surface area contributed by atoms with Gasteiger partial charge in [0.1, 0.15) is 30.5 Å². The highest BCUT2D eigenvalue weighted by Gasteiger charge is 2.48. The van der Waals surface area contributed by atoms with Crippen LogP contribution in [0.4, 0.5) is 0 Å². The highest BCUT2D eigenvalue weighted by molar-refractivity contribution is 5.69. The lowest BCUT2D eigenvalue weighted by Gasteiger charge is -2.45. The van der Waals surface area contributed by atoms with E-state index in [0.717, 1.165) is 0 Å². The molecule has 366 valence electrons. The minimum Gasteiger partial charge on any atom is -0.462 e. The number of allylic oxidation sites excluding steroid dienone is 8. The standard InChI is InChI=1S/C47H76O17/c1-8-37-28(4)44(63-40-23-35(51)45(58-7)30(6)59-40)26(2)17-15-13-11-9-10-12-14-16-18-32(61-46-43(56)42(55)41(54)29(5)60-46)22-38-27(3)36(52)25-47(57,64-38)24-31(48)21-34(50)33(49)19-20-39(53)62-37/h9-18,26-38,40-46,48-52,54-57H,8,19-25H2,1-7H3/b10-9+,13-11+,14-12+,17-15+,18-16+/t26?,27-,28?,29-,30+,31+,32?,33-,34-,35-,36+,37?,38+,40+,41-,42+,43+,44?,45+,46+,47-/m1/s1. The number of carbonyl (C=O) groups excluding carboxylic acids is 1. The molecule has 3 saturated heterocycles. The first-order valence-corrected chi connectivity index (χ1v) is 22.8. The average Bonchev–Trinajstić information content (AvgIpc) is 3.23. The van der Waals surface area contributed by atoms with Crippen LogP contribution in [0.25, 0.3) is 0 Å². The summed E-state index contributed by atoms with van der Waals surface area (Å²) in [6.07, 6.45) is -0.321. The number of carbonyl (C=O) groups is 1. The summed E-state index contributed by atoms with van der Waals surface area (Å²) in [6.45, 7) is 10.8. The van der Waals surface area contributed by atoms with Crippen LogP contribution in [0.1, 0.15) is 92.9 Å². The molecule has 64 heavy (non-hydrogen) atoms. The molecule has 4 aliphatic heterocycles. The van der Waals surface area contributed by atoms with Crippen LogP contribution in [0.15, 0.2) is 60.8 Å². The number of hydrogen-bond acceptors (Lipinski definition) is 17. The van der Waals surface area contributed by atoms with Crippen molar-refractivity contribution < 1.29 is 83.9 Å². The Morgan fingerprint density at radius 1 is 0.672 bits per heavy atom. The first-order valence-electron chi connectivity index (χ1n) is 22.8. The van der Waals surface area contributed by atoms with E-state index in [0.29, 0.717) is 6.42 Å². The Kier molecular flexibility index (Phi) is 21.7. The van der Waals surface area contributed by atoms with Gasteiger partial charge in [-0.15, -0.1) is 0 Å². The number of hydrogen-bond donors (Lipinski definition) is 9. The van der Waals surface area contributed by atoms with Crippen LogP contribution in [-0.4, -0.2) is 169 Å². The minimum atomic E-state index is -2.05. The van der Waals surface area contributed by atoms with Crippen LogP contribution in [0.5, 0.6) is 0 Å². The Labute approximate surface area is 377 Å². The lowest BCUT2D eigenvalue weighted by atomic mass is 9.84. The van der Waals surface area contributed by atoms with Crippen LogP contribution in [0.3, 0.4) is 0 Å². The molecule has 4 heterocycles. The van der Waals surface area contributed by atoms with E-state index in [1.807, 2.05) is 51.2 Å². The molecule has 0 saturated carbocycles. The van der Waals surface area contributed by atoms with Crippen molar-refractivity contribution >= 4 is 5.97 Å². The summed E-state index contributed by atoms with van der Waals surface area (Å²) >= 11 is 0. The Balaban J connectivity index is 1.60. The molecule has 0 aromatic heterocycles. The minimum absolute atomic E-state index is 0.0218. The number of methoxy groups -OCH3 is 1. The number of ether oxygens (including phenoxy) is 7. The molecular formula is C47H76O17. The molecule has 9 N–H and O–H groups in total. The number of cyclic esters (lactones) is 1. The molecule has 3 fully saturated rings. The molecule has 2 bridgehead atoms. The smallest absolute Gasteiger partial charge is 0.306 e. The lowest BCUT2D eigenvalue weighted by Crippen LogP contribution is -2.58. The van der Waals surface area contributed by atoms with Crippen molar-refractivity contribution in [1.82, 2.24) is 0 Å². The van der Waals surface area contributed by atoms with Crippen molar-refractivity contribution in [1.29, 1.82) is 0 Å². The SMILES string of the molecule is CCC1OC(=O)CC[C@@H](O)[C@H](O)C[C@H](O)C[C@]2(O)C[C@H](O)[C@@H](C)[C@H](CC(O[C@@H]3O[C@H](C)[C@@H](O)[C@H](O)[C@@H]3O)/C=C/C=C/C=C/C=C/C=C/C(C)C(O[C@H]3C[C@@H](O)[C@@H](OC)[C@H](C)O3)C1C)O2. The van der Waals surface area contributed by atoms with Gasteiger partial charge in [0.15, 0.2) is 18.4 Å². The first-order chi connectivity index (χ1) is 30.3. The van der Waals surface area contributed by atoms with Crippen LogP contribution < -0.4 is 0 Å². The summed E-state index contributed by atoms with van der Waals surface area (Å²) in [7, 11) is 1.51. The van der Waals surface area contributed by atoms with Gasteiger partial charge >= 0.3 is 5.97 Å². The fourth-order valence-electron chi connectivity index (χ4n) is 8.92. The van der Waals surface area contributed by atoms with E-state index in [-0.39, 0.29) is 50.4 Å². The third-order valence-corrected chi connectivity index (χ3v) is 12.9. The highest BCUT2D eigenvalue weighted by Crippen LogP contribution is 2.38. The van der Waals surface area contributed by atoms with Gasteiger partial charge in [-0.2, -0.15) is 0 Å². The van der Waals surface area contributed by atoms with E-state index in [1.165, 1.54) is 14.0 Å².